The summed E-state index contributed by atoms with van der Waals surface area (Å²) in [7, 11) is 1.71. The van der Waals surface area contributed by atoms with Crippen LogP contribution in [-0.2, 0) is 12.8 Å². The number of benzene rings is 2. The molecule has 0 unspecified atom stereocenters. The van der Waals surface area contributed by atoms with Gasteiger partial charge in [0.1, 0.15) is 5.82 Å². The Labute approximate surface area is 157 Å². The molecule has 2 amide bonds. The number of aromatic nitrogens is 2. The van der Waals surface area contributed by atoms with Crippen molar-refractivity contribution in [1.29, 1.82) is 0 Å². The molecule has 3 rings (SSSR count). The van der Waals surface area contributed by atoms with Crippen molar-refractivity contribution in [2.24, 2.45) is 0 Å². The SMILES string of the molecule is CCc1ccccc1NC(=O)N(C)CCc1noc(-c2ccc(F)cc2)n1. The van der Waals surface area contributed by atoms with Crippen LogP contribution in [0, 0.1) is 5.82 Å². The summed E-state index contributed by atoms with van der Waals surface area (Å²) in [4.78, 5) is 18.2. The van der Waals surface area contributed by atoms with Gasteiger partial charge in [-0.05, 0) is 42.3 Å². The van der Waals surface area contributed by atoms with Gasteiger partial charge >= 0.3 is 6.03 Å². The second kappa shape index (κ2) is 8.44. The van der Waals surface area contributed by atoms with E-state index in [2.05, 4.69) is 15.5 Å². The molecule has 0 aliphatic rings. The molecule has 0 saturated heterocycles. The van der Waals surface area contributed by atoms with E-state index >= 15 is 0 Å². The van der Waals surface area contributed by atoms with E-state index in [1.807, 2.05) is 31.2 Å². The van der Waals surface area contributed by atoms with E-state index in [-0.39, 0.29) is 11.8 Å². The van der Waals surface area contributed by atoms with Crippen LogP contribution in [0.1, 0.15) is 18.3 Å². The van der Waals surface area contributed by atoms with Crippen molar-refractivity contribution in [3.8, 4) is 11.5 Å². The molecular formula is C20H21FN4O2. The van der Waals surface area contributed by atoms with E-state index in [9.17, 15) is 9.18 Å². The van der Waals surface area contributed by atoms with Crippen molar-refractivity contribution in [1.82, 2.24) is 15.0 Å². The number of carbonyl (C=O) groups is 1. The maximum atomic E-state index is 13.0. The number of hydrogen-bond acceptors (Lipinski definition) is 4. The number of aryl methyl sites for hydroxylation is 1. The van der Waals surface area contributed by atoms with E-state index < -0.39 is 0 Å². The maximum Gasteiger partial charge on any atom is 0.321 e. The number of amides is 2. The van der Waals surface area contributed by atoms with Gasteiger partial charge in [-0.2, -0.15) is 4.98 Å². The lowest BCUT2D eigenvalue weighted by atomic mass is 10.1. The van der Waals surface area contributed by atoms with E-state index in [0.717, 1.165) is 17.7 Å². The zero-order valence-corrected chi connectivity index (χ0v) is 15.3. The van der Waals surface area contributed by atoms with Gasteiger partial charge in [0, 0.05) is 31.3 Å². The van der Waals surface area contributed by atoms with Gasteiger partial charge in [-0.15, -0.1) is 0 Å². The molecule has 1 aromatic heterocycles. The average molecular weight is 368 g/mol. The van der Waals surface area contributed by atoms with Crippen molar-refractivity contribution in [3.05, 3.63) is 65.7 Å². The Hall–Kier alpha value is -3.22. The molecule has 0 fully saturated rings. The Morgan fingerprint density at radius 3 is 2.67 bits per heavy atom. The van der Waals surface area contributed by atoms with Gasteiger partial charge in [0.2, 0.25) is 0 Å². The van der Waals surface area contributed by atoms with E-state index in [1.165, 1.54) is 12.1 Å². The zero-order chi connectivity index (χ0) is 19.2. The monoisotopic (exact) mass is 368 g/mol. The molecule has 2 aromatic carbocycles. The minimum Gasteiger partial charge on any atom is -0.334 e. The van der Waals surface area contributed by atoms with E-state index in [1.54, 1.807) is 24.1 Å². The molecule has 3 aromatic rings. The Morgan fingerprint density at radius 1 is 1.19 bits per heavy atom. The summed E-state index contributed by atoms with van der Waals surface area (Å²) in [6.07, 6.45) is 1.29. The third-order valence-corrected chi connectivity index (χ3v) is 4.22. The van der Waals surface area contributed by atoms with Crippen LogP contribution >= 0.6 is 0 Å². The lowest BCUT2D eigenvalue weighted by molar-refractivity contribution is 0.222. The number of urea groups is 1. The van der Waals surface area contributed by atoms with Gasteiger partial charge in [0.15, 0.2) is 5.82 Å². The largest absolute Gasteiger partial charge is 0.334 e. The molecule has 0 saturated carbocycles. The van der Waals surface area contributed by atoms with Gasteiger partial charge in [-0.3, -0.25) is 0 Å². The second-order valence-electron chi connectivity index (χ2n) is 6.14. The fourth-order valence-corrected chi connectivity index (χ4v) is 2.60. The van der Waals surface area contributed by atoms with Crippen LogP contribution in [0.4, 0.5) is 14.9 Å². The summed E-state index contributed by atoms with van der Waals surface area (Å²) in [5.74, 6) is 0.493. The number of hydrogen-bond donors (Lipinski definition) is 1. The van der Waals surface area contributed by atoms with Crippen LogP contribution in [0.25, 0.3) is 11.5 Å². The van der Waals surface area contributed by atoms with Crippen molar-refractivity contribution < 1.29 is 13.7 Å². The van der Waals surface area contributed by atoms with Crippen LogP contribution in [0.3, 0.4) is 0 Å². The first kappa shape index (κ1) is 18.6. The normalized spacial score (nSPS) is 10.6. The highest BCUT2D eigenvalue weighted by molar-refractivity contribution is 5.90. The number of nitrogens with zero attached hydrogens (tertiary/aromatic N) is 3. The number of halogens is 1. The highest BCUT2D eigenvalue weighted by Gasteiger charge is 2.13. The summed E-state index contributed by atoms with van der Waals surface area (Å²) in [6, 6.07) is 13.4. The maximum absolute atomic E-state index is 13.0. The molecule has 0 atom stereocenters. The summed E-state index contributed by atoms with van der Waals surface area (Å²) >= 11 is 0. The molecule has 0 radical (unpaired) electrons. The Kier molecular flexibility index (Phi) is 5.80. The van der Waals surface area contributed by atoms with Crippen LogP contribution in [0.5, 0.6) is 0 Å². The van der Waals surface area contributed by atoms with E-state index in [4.69, 9.17) is 4.52 Å². The van der Waals surface area contributed by atoms with Crippen LogP contribution < -0.4 is 5.32 Å². The van der Waals surface area contributed by atoms with Gasteiger partial charge in [-0.25, -0.2) is 9.18 Å². The van der Waals surface area contributed by atoms with Crippen molar-refractivity contribution in [3.63, 3.8) is 0 Å². The molecule has 27 heavy (non-hydrogen) atoms. The fourth-order valence-electron chi connectivity index (χ4n) is 2.60. The average Bonchev–Trinajstić information content (AvgIpc) is 3.16. The molecule has 6 nitrogen and oxygen atoms in total. The Morgan fingerprint density at radius 2 is 1.93 bits per heavy atom. The van der Waals surface area contributed by atoms with Gasteiger partial charge in [-0.1, -0.05) is 30.3 Å². The Bertz CT molecular complexity index is 908. The van der Waals surface area contributed by atoms with Crippen molar-refractivity contribution in [2.75, 3.05) is 18.9 Å². The van der Waals surface area contributed by atoms with Gasteiger partial charge in [0.25, 0.3) is 5.89 Å². The van der Waals surface area contributed by atoms with E-state index in [0.29, 0.717) is 30.2 Å². The van der Waals surface area contributed by atoms with Gasteiger partial charge in [0.05, 0.1) is 0 Å². The standard InChI is InChI=1S/C20H21FN4O2/c1-3-14-6-4-5-7-17(14)22-20(26)25(2)13-12-18-23-19(27-24-18)15-8-10-16(21)11-9-15/h4-11H,3,12-13H2,1-2H3,(H,22,26). The summed E-state index contributed by atoms with van der Waals surface area (Å²) in [5, 5.41) is 6.84. The third-order valence-electron chi connectivity index (χ3n) is 4.22. The predicted molar refractivity (Wildman–Crippen MR) is 101 cm³/mol. The molecule has 1 N–H and O–H groups in total. The Balaban J connectivity index is 1.56. The molecule has 0 aliphatic heterocycles. The highest BCUT2D eigenvalue weighted by atomic mass is 19.1. The lowest BCUT2D eigenvalue weighted by Gasteiger charge is -2.18. The summed E-state index contributed by atoms with van der Waals surface area (Å²) in [5.41, 5.74) is 2.55. The number of likely N-dealkylation sites (N-methyl/N-ethyl adjacent to an activating group) is 1. The summed E-state index contributed by atoms with van der Waals surface area (Å²) < 4.78 is 18.2. The van der Waals surface area contributed by atoms with Crippen LogP contribution in [-0.4, -0.2) is 34.7 Å². The molecular weight excluding hydrogens is 347 g/mol. The quantitative estimate of drug-likeness (QED) is 0.710. The van der Waals surface area contributed by atoms with Crippen LogP contribution in [0.15, 0.2) is 53.1 Å². The fraction of sp³-hybridized carbons (Fsp3) is 0.250. The minimum atomic E-state index is -0.323. The number of carbonyl (C=O) groups excluding carboxylic acids is 1. The first-order valence-corrected chi connectivity index (χ1v) is 8.75. The number of para-hydroxylation sites is 1. The topological polar surface area (TPSA) is 71.3 Å². The first-order chi connectivity index (χ1) is 13.1. The first-order valence-electron chi connectivity index (χ1n) is 8.75. The minimum absolute atomic E-state index is 0.196. The molecule has 0 spiro atoms. The zero-order valence-electron chi connectivity index (χ0n) is 15.3. The van der Waals surface area contributed by atoms with Crippen LogP contribution in [0.2, 0.25) is 0 Å². The van der Waals surface area contributed by atoms with Crippen molar-refractivity contribution >= 4 is 11.7 Å². The molecule has 7 heteroatoms. The van der Waals surface area contributed by atoms with Gasteiger partial charge < -0.3 is 14.7 Å². The van der Waals surface area contributed by atoms with Crippen molar-refractivity contribution in [2.45, 2.75) is 19.8 Å². The second-order valence-corrected chi connectivity index (χ2v) is 6.14. The number of rotatable bonds is 6. The lowest BCUT2D eigenvalue weighted by Crippen LogP contribution is -2.33. The summed E-state index contributed by atoms with van der Waals surface area (Å²) in [6.45, 7) is 2.48. The highest BCUT2D eigenvalue weighted by Crippen LogP contribution is 2.18. The molecule has 0 bridgehead atoms. The third kappa shape index (κ3) is 4.69. The number of nitrogens with one attached hydrogen (secondary N) is 1. The number of anilines is 1. The molecule has 140 valence electrons. The smallest absolute Gasteiger partial charge is 0.321 e. The molecule has 1 heterocycles. The molecule has 0 aliphatic carbocycles. The predicted octanol–water partition coefficient (Wildman–Crippen LogP) is 4.14.